The Bertz CT molecular complexity index is 991. The van der Waals surface area contributed by atoms with Gasteiger partial charge < -0.3 is 24.1 Å². The van der Waals surface area contributed by atoms with Gasteiger partial charge in [-0.05, 0) is 29.3 Å². The molecule has 30 heavy (non-hydrogen) atoms. The molecule has 3 aromatic rings. The van der Waals surface area contributed by atoms with Crippen LogP contribution in [0.15, 0.2) is 72.8 Å². The topological polar surface area (TPSA) is 57.2 Å². The van der Waals surface area contributed by atoms with E-state index in [2.05, 4.69) is 30.3 Å². The molecule has 2 heterocycles. The second kappa shape index (κ2) is 8.46. The second-order valence-electron chi connectivity index (χ2n) is 8.00. The fourth-order valence-corrected chi connectivity index (χ4v) is 4.27. The van der Waals surface area contributed by atoms with E-state index in [9.17, 15) is 5.11 Å². The third-order valence-electron chi connectivity index (χ3n) is 5.92. The highest BCUT2D eigenvalue weighted by molar-refractivity contribution is 5.82. The third kappa shape index (κ3) is 3.87. The zero-order valence-electron chi connectivity index (χ0n) is 16.9. The second-order valence-corrected chi connectivity index (χ2v) is 8.00. The van der Waals surface area contributed by atoms with Crippen molar-refractivity contribution in [2.45, 2.75) is 50.3 Å². The van der Waals surface area contributed by atoms with E-state index in [0.29, 0.717) is 13.2 Å². The lowest BCUT2D eigenvalue weighted by Crippen LogP contribution is -2.61. The van der Waals surface area contributed by atoms with E-state index in [1.165, 1.54) is 10.8 Å². The molecule has 5 rings (SSSR count). The number of benzene rings is 3. The Morgan fingerprint density at radius 1 is 0.933 bits per heavy atom. The van der Waals surface area contributed by atoms with Gasteiger partial charge in [-0.2, -0.15) is 0 Å². The van der Waals surface area contributed by atoms with Crippen molar-refractivity contribution in [1.82, 2.24) is 0 Å². The summed E-state index contributed by atoms with van der Waals surface area (Å²) in [6.07, 6.45) is -2.81. The standard InChI is InChI=1S/C25H26O5/c1-16-22(26)24(27-14-17-11-12-18-7-5-6-10-20(18)13-17)23-21(29-16)15-28-25(30-23)19-8-3-2-4-9-19/h2-13,16,21-26H,14-15H2,1H3/t16-,21?,22?,23-,24+,25?/m0/s1. The first-order valence-electron chi connectivity index (χ1n) is 10.4. The Hall–Kier alpha value is -2.28. The van der Waals surface area contributed by atoms with E-state index >= 15 is 0 Å². The minimum absolute atomic E-state index is 0.273. The summed E-state index contributed by atoms with van der Waals surface area (Å²) in [7, 11) is 0. The maximum atomic E-state index is 10.8. The monoisotopic (exact) mass is 406 g/mol. The summed E-state index contributed by atoms with van der Waals surface area (Å²) in [4.78, 5) is 0. The molecule has 5 heteroatoms. The first-order valence-corrected chi connectivity index (χ1v) is 10.4. The summed E-state index contributed by atoms with van der Waals surface area (Å²) >= 11 is 0. The van der Waals surface area contributed by atoms with E-state index in [1.54, 1.807) is 0 Å². The summed E-state index contributed by atoms with van der Waals surface area (Å²) in [5, 5.41) is 13.2. The van der Waals surface area contributed by atoms with Gasteiger partial charge in [-0.3, -0.25) is 0 Å². The van der Waals surface area contributed by atoms with Gasteiger partial charge in [0.2, 0.25) is 0 Å². The fraction of sp³-hybridized carbons (Fsp3) is 0.360. The summed E-state index contributed by atoms with van der Waals surface area (Å²) < 4.78 is 24.3. The molecular formula is C25H26O5. The normalized spacial score (nSPS) is 31.4. The summed E-state index contributed by atoms with van der Waals surface area (Å²) in [5.41, 5.74) is 2.00. The molecule has 6 atom stereocenters. The van der Waals surface area contributed by atoms with Gasteiger partial charge in [0, 0.05) is 5.56 Å². The Morgan fingerprint density at radius 3 is 2.53 bits per heavy atom. The summed E-state index contributed by atoms with van der Waals surface area (Å²) in [5.74, 6) is 0. The van der Waals surface area contributed by atoms with E-state index in [4.69, 9.17) is 18.9 Å². The van der Waals surface area contributed by atoms with E-state index in [-0.39, 0.29) is 12.2 Å². The first-order chi connectivity index (χ1) is 14.7. The van der Waals surface area contributed by atoms with Crippen molar-refractivity contribution in [3.05, 3.63) is 83.9 Å². The van der Waals surface area contributed by atoms with Gasteiger partial charge in [-0.25, -0.2) is 0 Å². The van der Waals surface area contributed by atoms with Crippen molar-refractivity contribution < 1.29 is 24.1 Å². The highest BCUT2D eigenvalue weighted by Gasteiger charge is 2.48. The molecule has 2 saturated heterocycles. The molecule has 0 radical (unpaired) electrons. The minimum Gasteiger partial charge on any atom is -0.388 e. The third-order valence-corrected chi connectivity index (χ3v) is 5.92. The lowest BCUT2D eigenvalue weighted by molar-refractivity contribution is -0.333. The molecule has 3 aromatic carbocycles. The van der Waals surface area contributed by atoms with Crippen LogP contribution in [0.4, 0.5) is 0 Å². The van der Waals surface area contributed by atoms with E-state index < -0.39 is 24.6 Å². The molecule has 0 amide bonds. The van der Waals surface area contributed by atoms with Crippen molar-refractivity contribution in [1.29, 1.82) is 0 Å². The van der Waals surface area contributed by atoms with Crippen LogP contribution in [0.5, 0.6) is 0 Å². The number of aliphatic hydroxyl groups is 1. The van der Waals surface area contributed by atoms with Crippen LogP contribution < -0.4 is 0 Å². The van der Waals surface area contributed by atoms with Crippen LogP contribution in [0.3, 0.4) is 0 Å². The molecule has 2 aliphatic rings. The van der Waals surface area contributed by atoms with Crippen LogP contribution in [0.25, 0.3) is 10.8 Å². The van der Waals surface area contributed by atoms with Gasteiger partial charge >= 0.3 is 0 Å². The maximum absolute atomic E-state index is 10.8. The molecule has 3 unspecified atom stereocenters. The van der Waals surface area contributed by atoms with Crippen LogP contribution in [0.2, 0.25) is 0 Å². The molecule has 2 aliphatic heterocycles. The van der Waals surface area contributed by atoms with Crippen LogP contribution in [0.1, 0.15) is 24.3 Å². The highest BCUT2D eigenvalue weighted by Crippen LogP contribution is 2.35. The number of fused-ring (bicyclic) bond motifs is 2. The highest BCUT2D eigenvalue weighted by atomic mass is 16.7. The Kier molecular flexibility index (Phi) is 5.54. The van der Waals surface area contributed by atoms with Gasteiger partial charge in [0.15, 0.2) is 6.29 Å². The van der Waals surface area contributed by atoms with Crippen molar-refractivity contribution >= 4 is 10.8 Å². The molecule has 1 N–H and O–H groups in total. The predicted octanol–water partition coefficient (Wildman–Crippen LogP) is 3.99. The van der Waals surface area contributed by atoms with Crippen molar-refractivity contribution in [3.63, 3.8) is 0 Å². The van der Waals surface area contributed by atoms with Gasteiger partial charge in [0.1, 0.15) is 24.4 Å². The Labute approximate surface area is 176 Å². The molecular weight excluding hydrogens is 380 g/mol. The molecule has 0 aromatic heterocycles. The van der Waals surface area contributed by atoms with Gasteiger partial charge in [0.25, 0.3) is 0 Å². The van der Waals surface area contributed by atoms with Gasteiger partial charge in [-0.1, -0.05) is 66.7 Å². The van der Waals surface area contributed by atoms with Crippen LogP contribution in [-0.2, 0) is 25.6 Å². The van der Waals surface area contributed by atoms with Gasteiger partial charge in [-0.15, -0.1) is 0 Å². The number of ether oxygens (including phenoxy) is 4. The summed E-state index contributed by atoms with van der Waals surface area (Å²) in [6, 6.07) is 24.3. The number of rotatable bonds is 4. The predicted molar refractivity (Wildman–Crippen MR) is 113 cm³/mol. The number of aliphatic hydroxyl groups excluding tert-OH is 1. The van der Waals surface area contributed by atoms with Crippen LogP contribution >= 0.6 is 0 Å². The van der Waals surface area contributed by atoms with E-state index in [1.807, 2.05) is 49.4 Å². The molecule has 0 spiro atoms. The van der Waals surface area contributed by atoms with Crippen LogP contribution in [-0.4, -0.2) is 42.2 Å². The number of hydrogen-bond donors (Lipinski definition) is 1. The minimum atomic E-state index is -0.777. The van der Waals surface area contributed by atoms with Crippen molar-refractivity contribution in [2.75, 3.05) is 6.61 Å². The zero-order chi connectivity index (χ0) is 20.5. The smallest absolute Gasteiger partial charge is 0.184 e. The van der Waals surface area contributed by atoms with E-state index in [0.717, 1.165) is 11.1 Å². The largest absolute Gasteiger partial charge is 0.388 e. The summed E-state index contributed by atoms with van der Waals surface area (Å²) in [6.45, 7) is 2.65. The van der Waals surface area contributed by atoms with Crippen molar-refractivity contribution in [3.8, 4) is 0 Å². The molecule has 0 bridgehead atoms. The molecule has 156 valence electrons. The first kappa shape index (κ1) is 19.7. The quantitative estimate of drug-likeness (QED) is 0.710. The lowest BCUT2D eigenvalue weighted by Gasteiger charge is -2.47. The average molecular weight is 406 g/mol. The maximum Gasteiger partial charge on any atom is 0.184 e. The van der Waals surface area contributed by atoms with Crippen molar-refractivity contribution in [2.24, 2.45) is 0 Å². The molecule has 2 fully saturated rings. The van der Waals surface area contributed by atoms with Crippen LogP contribution in [0, 0.1) is 0 Å². The Morgan fingerprint density at radius 2 is 1.70 bits per heavy atom. The number of hydrogen-bond acceptors (Lipinski definition) is 5. The Balaban J connectivity index is 1.34. The lowest BCUT2D eigenvalue weighted by atomic mass is 9.94. The SMILES string of the molecule is C[C@@H]1OC2COC(c3ccccc3)O[C@@H]2[C@H](OCc2ccc3ccccc3c2)C1O. The molecule has 5 nitrogen and oxygen atoms in total. The average Bonchev–Trinajstić information content (AvgIpc) is 2.79. The van der Waals surface area contributed by atoms with Gasteiger partial charge in [0.05, 0.1) is 19.3 Å². The zero-order valence-corrected chi connectivity index (χ0v) is 16.9. The molecule has 0 aliphatic carbocycles. The molecule has 0 saturated carbocycles. The fourth-order valence-electron chi connectivity index (χ4n) is 4.27.